The van der Waals surface area contributed by atoms with E-state index in [-0.39, 0.29) is 5.92 Å². The summed E-state index contributed by atoms with van der Waals surface area (Å²) in [5, 5.41) is 1.48. The van der Waals surface area contributed by atoms with Gasteiger partial charge in [0.15, 0.2) is 5.78 Å². The van der Waals surface area contributed by atoms with Crippen LogP contribution in [0.2, 0.25) is 0 Å². The van der Waals surface area contributed by atoms with Gasteiger partial charge in [-0.2, -0.15) is 11.8 Å². The first-order valence-corrected chi connectivity index (χ1v) is 8.03. The fourth-order valence-electron chi connectivity index (χ4n) is 3.23. The van der Waals surface area contributed by atoms with Gasteiger partial charge in [0.25, 0.3) is 0 Å². The molecular formula is C17H20OS. The predicted octanol–water partition coefficient (Wildman–Crippen LogP) is 4.58. The molecule has 1 aromatic rings. The normalized spacial score (nSPS) is 29.2. The van der Waals surface area contributed by atoms with E-state index in [4.69, 9.17) is 0 Å². The van der Waals surface area contributed by atoms with Gasteiger partial charge in [0, 0.05) is 22.0 Å². The molecule has 2 bridgehead atoms. The van der Waals surface area contributed by atoms with Gasteiger partial charge in [-0.1, -0.05) is 36.4 Å². The minimum atomic E-state index is 0.259. The van der Waals surface area contributed by atoms with Gasteiger partial charge in [-0.15, -0.1) is 0 Å². The number of ketones is 1. The third-order valence-corrected chi connectivity index (χ3v) is 5.95. The van der Waals surface area contributed by atoms with Crippen LogP contribution in [0.15, 0.2) is 30.8 Å². The number of thioether (sulfide) groups is 1. The molecular weight excluding hydrogens is 252 g/mol. The van der Waals surface area contributed by atoms with Gasteiger partial charge in [0.2, 0.25) is 0 Å². The Balaban J connectivity index is 1.74. The van der Waals surface area contributed by atoms with Crippen LogP contribution in [0.25, 0.3) is 5.57 Å². The van der Waals surface area contributed by atoms with Crippen LogP contribution in [0.1, 0.15) is 48.5 Å². The van der Waals surface area contributed by atoms with Crippen molar-refractivity contribution in [1.82, 2.24) is 0 Å². The SMILES string of the molecule is C=C(C)c1ccc(C(=O)C2CC3CCC(C2)S3)cc1. The second-order valence-corrected chi connectivity index (χ2v) is 7.45. The highest BCUT2D eigenvalue weighted by Crippen LogP contribution is 2.46. The largest absolute Gasteiger partial charge is 0.294 e. The lowest BCUT2D eigenvalue weighted by Gasteiger charge is -2.26. The van der Waals surface area contributed by atoms with Crippen molar-refractivity contribution in [1.29, 1.82) is 0 Å². The van der Waals surface area contributed by atoms with E-state index in [0.717, 1.165) is 40.0 Å². The molecule has 2 saturated heterocycles. The van der Waals surface area contributed by atoms with E-state index in [2.05, 4.69) is 18.3 Å². The zero-order chi connectivity index (χ0) is 13.4. The second kappa shape index (κ2) is 5.16. The molecule has 0 aromatic heterocycles. The molecule has 0 spiro atoms. The van der Waals surface area contributed by atoms with Crippen molar-refractivity contribution in [2.45, 2.75) is 43.1 Å². The molecule has 0 amide bonds. The lowest BCUT2D eigenvalue weighted by molar-refractivity contribution is 0.0907. The van der Waals surface area contributed by atoms with Gasteiger partial charge in [-0.3, -0.25) is 4.79 Å². The molecule has 3 rings (SSSR count). The number of carbonyl (C=O) groups excluding carboxylic acids is 1. The Bertz CT molecular complexity index is 490. The zero-order valence-electron chi connectivity index (χ0n) is 11.4. The fourth-order valence-corrected chi connectivity index (χ4v) is 5.00. The number of hydrogen-bond donors (Lipinski definition) is 0. The lowest BCUT2D eigenvalue weighted by atomic mass is 9.90. The van der Waals surface area contributed by atoms with Crippen LogP contribution in [0.4, 0.5) is 0 Å². The van der Waals surface area contributed by atoms with E-state index in [1.807, 2.05) is 31.2 Å². The van der Waals surface area contributed by atoms with Gasteiger partial charge >= 0.3 is 0 Å². The Morgan fingerprint density at radius 2 is 1.63 bits per heavy atom. The zero-order valence-corrected chi connectivity index (χ0v) is 12.2. The summed E-state index contributed by atoms with van der Waals surface area (Å²) in [5.41, 5.74) is 3.04. The summed E-state index contributed by atoms with van der Waals surface area (Å²) in [6.45, 7) is 5.92. The highest BCUT2D eigenvalue weighted by molar-refractivity contribution is 8.00. The molecule has 0 saturated carbocycles. The molecule has 2 heterocycles. The van der Waals surface area contributed by atoms with E-state index in [9.17, 15) is 4.79 Å². The highest BCUT2D eigenvalue weighted by atomic mass is 32.2. The molecule has 2 atom stereocenters. The Morgan fingerprint density at radius 3 is 2.16 bits per heavy atom. The average molecular weight is 272 g/mol. The van der Waals surface area contributed by atoms with E-state index in [1.165, 1.54) is 12.8 Å². The quantitative estimate of drug-likeness (QED) is 0.749. The summed E-state index contributed by atoms with van der Waals surface area (Å²) in [6.07, 6.45) is 4.80. The van der Waals surface area contributed by atoms with Crippen LogP contribution in [-0.2, 0) is 0 Å². The van der Waals surface area contributed by atoms with Gasteiger partial charge < -0.3 is 0 Å². The third kappa shape index (κ3) is 2.64. The summed E-state index contributed by atoms with van der Waals surface area (Å²) >= 11 is 2.11. The topological polar surface area (TPSA) is 17.1 Å². The van der Waals surface area contributed by atoms with Crippen molar-refractivity contribution >= 4 is 23.1 Å². The first-order valence-electron chi connectivity index (χ1n) is 7.09. The molecule has 2 aliphatic heterocycles. The van der Waals surface area contributed by atoms with Crippen LogP contribution < -0.4 is 0 Å². The maximum atomic E-state index is 12.6. The smallest absolute Gasteiger partial charge is 0.166 e. The molecule has 1 nitrogen and oxygen atoms in total. The standard InChI is InChI=1S/C17H20OS/c1-11(2)12-3-5-13(6-4-12)17(18)14-9-15-7-8-16(10-14)19-15/h3-6,14-16H,1,7-10H2,2H3. The van der Waals surface area contributed by atoms with Crippen molar-refractivity contribution in [3.05, 3.63) is 42.0 Å². The summed E-state index contributed by atoms with van der Waals surface area (Å²) in [6, 6.07) is 7.97. The maximum Gasteiger partial charge on any atom is 0.166 e. The molecule has 100 valence electrons. The van der Waals surface area contributed by atoms with Gasteiger partial charge in [0.05, 0.1) is 0 Å². The predicted molar refractivity (Wildman–Crippen MR) is 82.6 cm³/mol. The molecule has 1 aromatic carbocycles. The summed E-state index contributed by atoms with van der Waals surface area (Å²) in [7, 11) is 0. The molecule has 19 heavy (non-hydrogen) atoms. The summed E-state index contributed by atoms with van der Waals surface area (Å²) < 4.78 is 0. The van der Waals surface area contributed by atoms with E-state index in [1.54, 1.807) is 0 Å². The first kappa shape index (κ1) is 13.0. The van der Waals surface area contributed by atoms with Gasteiger partial charge in [-0.25, -0.2) is 0 Å². The number of carbonyl (C=O) groups is 1. The van der Waals surface area contributed by atoms with Crippen LogP contribution in [-0.4, -0.2) is 16.3 Å². The number of allylic oxidation sites excluding steroid dienone is 1. The summed E-state index contributed by atoms with van der Waals surface area (Å²) in [5.74, 6) is 0.611. The second-order valence-electron chi connectivity index (χ2n) is 5.85. The minimum absolute atomic E-state index is 0.259. The first-order chi connectivity index (χ1) is 9.13. The number of rotatable bonds is 3. The third-order valence-electron chi connectivity index (χ3n) is 4.32. The van der Waals surface area contributed by atoms with Crippen molar-refractivity contribution < 1.29 is 4.79 Å². The van der Waals surface area contributed by atoms with Crippen LogP contribution >= 0.6 is 11.8 Å². The van der Waals surface area contributed by atoms with Gasteiger partial charge in [-0.05, 0) is 38.2 Å². The van der Waals surface area contributed by atoms with Crippen molar-refractivity contribution in [3.63, 3.8) is 0 Å². The fraction of sp³-hybridized carbons (Fsp3) is 0.471. The molecule has 0 N–H and O–H groups in total. The average Bonchev–Trinajstić information content (AvgIpc) is 2.76. The van der Waals surface area contributed by atoms with Crippen molar-refractivity contribution in [2.24, 2.45) is 5.92 Å². The monoisotopic (exact) mass is 272 g/mol. The van der Waals surface area contributed by atoms with Crippen molar-refractivity contribution in [2.75, 3.05) is 0 Å². The lowest BCUT2D eigenvalue weighted by Crippen LogP contribution is -2.24. The van der Waals surface area contributed by atoms with E-state index < -0.39 is 0 Å². The number of Topliss-reactive ketones (excluding diaryl/α,β-unsaturated/α-hetero) is 1. The highest BCUT2D eigenvalue weighted by Gasteiger charge is 2.37. The maximum absolute atomic E-state index is 12.6. The molecule has 2 unspecified atom stereocenters. The van der Waals surface area contributed by atoms with Crippen molar-refractivity contribution in [3.8, 4) is 0 Å². The summed E-state index contributed by atoms with van der Waals surface area (Å²) in [4.78, 5) is 12.6. The van der Waals surface area contributed by atoms with Crippen LogP contribution in [0.5, 0.6) is 0 Å². The minimum Gasteiger partial charge on any atom is -0.294 e. The van der Waals surface area contributed by atoms with E-state index >= 15 is 0 Å². The Labute approximate surface area is 119 Å². The number of fused-ring (bicyclic) bond motifs is 2. The van der Waals surface area contributed by atoms with Gasteiger partial charge in [0.1, 0.15) is 0 Å². The molecule has 0 aliphatic carbocycles. The molecule has 2 heteroatoms. The Kier molecular flexibility index (Phi) is 3.53. The molecule has 2 aliphatic rings. The number of benzene rings is 1. The van der Waals surface area contributed by atoms with Crippen LogP contribution in [0, 0.1) is 5.92 Å². The molecule has 2 fully saturated rings. The van der Waals surface area contributed by atoms with Crippen LogP contribution in [0.3, 0.4) is 0 Å². The molecule has 0 radical (unpaired) electrons. The Morgan fingerprint density at radius 1 is 1.11 bits per heavy atom. The van der Waals surface area contributed by atoms with E-state index in [0.29, 0.717) is 5.78 Å². The Hall–Kier alpha value is -1.02. The number of hydrogen-bond acceptors (Lipinski definition) is 2.